The van der Waals surface area contributed by atoms with Crippen molar-refractivity contribution in [3.8, 4) is 5.00 Å². The number of aromatic nitrogens is 3. The van der Waals surface area contributed by atoms with Crippen molar-refractivity contribution < 1.29 is 19.1 Å². The van der Waals surface area contributed by atoms with Gasteiger partial charge in [0.25, 0.3) is 0 Å². The smallest absolute Gasteiger partial charge is 0.338 e. The average Bonchev–Trinajstić information content (AvgIpc) is 3.58. The summed E-state index contributed by atoms with van der Waals surface area (Å²) in [6.07, 6.45) is 2.49. The molecular weight excluding hydrogens is 662 g/mol. The summed E-state index contributed by atoms with van der Waals surface area (Å²) in [5.74, 6) is 0.545. The zero-order chi connectivity index (χ0) is 34.8. The molecule has 0 aliphatic carbocycles. The Bertz CT molecular complexity index is 1930. The monoisotopic (exact) mass is 701 g/mol. The van der Waals surface area contributed by atoms with Crippen molar-refractivity contribution in [3.63, 3.8) is 0 Å². The van der Waals surface area contributed by atoms with Crippen LogP contribution in [0, 0.1) is 26.7 Å². The number of aliphatic imine (C=N–C) groups is 1. The third kappa shape index (κ3) is 7.03. The number of rotatable bonds is 9. The first kappa shape index (κ1) is 34.5. The fraction of sp³-hybridized carbons (Fsp3) is 0.389. The van der Waals surface area contributed by atoms with Gasteiger partial charge in [-0.05, 0) is 94.5 Å². The molecule has 0 spiro atoms. The number of ether oxygens (including phenoxy) is 1. The summed E-state index contributed by atoms with van der Waals surface area (Å²) in [6.45, 7) is 7.51. The van der Waals surface area contributed by atoms with Gasteiger partial charge in [-0.15, -0.1) is 21.5 Å². The molecule has 0 unspecified atom stereocenters. The van der Waals surface area contributed by atoms with Crippen molar-refractivity contribution in [2.45, 2.75) is 58.9 Å². The maximum atomic E-state index is 13.9. The third-order valence-electron chi connectivity index (χ3n) is 9.37. The predicted octanol–water partition coefficient (Wildman–Crippen LogP) is 5.74. The zero-order valence-corrected chi connectivity index (χ0v) is 29.7. The number of thiophene rings is 1. The number of carbonyl (C=O) groups is 3. The van der Waals surface area contributed by atoms with Crippen molar-refractivity contribution in [1.82, 2.24) is 19.7 Å². The minimum atomic E-state index is -0.555. The van der Waals surface area contributed by atoms with Gasteiger partial charge >= 0.3 is 5.97 Å². The molecule has 256 valence electrons. The van der Waals surface area contributed by atoms with E-state index in [4.69, 9.17) is 27.1 Å². The van der Waals surface area contributed by atoms with E-state index < -0.39 is 12.0 Å². The number of benzene rings is 2. The molecule has 0 bridgehead atoms. The number of halogens is 1. The number of carbonyl (C=O) groups excluding carboxylic acids is 3. The van der Waals surface area contributed by atoms with Crippen molar-refractivity contribution in [3.05, 3.63) is 91.8 Å². The molecule has 2 aliphatic heterocycles. The second kappa shape index (κ2) is 14.6. The predicted molar refractivity (Wildman–Crippen MR) is 191 cm³/mol. The molecule has 1 atom stereocenters. The second-order valence-electron chi connectivity index (χ2n) is 12.5. The number of anilines is 1. The van der Waals surface area contributed by atoms with E-state index in [2.05, 4.69) is 29.4 Å². The molecule has 4 aromatic rings. The highest BCUT2D eigenvalue weighted by atomic mass is 35.5. The Hall–Kier alpha value is -4.39. The summed E-state index contributed by atoms with van der Waals surface area (Å²) in [6, 6.07) is 12.3. The van der Waals surface area contributed by atoms with Crippen LogP contribution in [0.5, 0.6) is 0 Å². The lowest BCUT2D eigenvalue weighted by Crippen LogP contribution is -2.41. The Balaban J connectivity index is 1.17. The lowest BCUT2D eigenvalue weighted by molar-refractivity contribution is -0.134. The van der Waals surface area contributed by atoms with Gasteiger partial charge in [-0.25, -0.2) is 4.79 Å². The molecule has 11 nitrogen and oxygen atoms in total. The molecule has 2 aromatic heterocycles. The topological polar surface area (TPSA) is 145 Å². The maximum absolute atomic E-state index is 13.9. The first-order valence-electron chi connectivity index (χ1n) is 16.5. The van der Waals surface area contributed by atoms with Gasteiger partial charge in [0.1, 0.15) is 16.9 Å². The van der Waals surface area contributed by atoms with Gasteiger partial charge in [0, 0.05) is 45.7 Å². The van der Waals surface area contributed by atoms with Crippen LogP contribution in [0.4, 0.5) is 5.69 Å². The van der Waals surface area contributed by atoms with Crippen LogP contribution < -0.4 is 11.1 Å². The van der Waals surface area contributed by atoms with Crippen LogP contribution in [0.25, 0.3) is 5.00 Å². The molecule has 2 amide bonds. The van der Waals surface area contributed by atoms with E-state index in [1.807, 2.05) is 46.7 Å². The highest BCUT2D eigenvalue weighted by molar-refractivity contribution is 7.15. The normalized spacial score (nSPS) is 16.0. The summed E-state index contributed by atoms with van der Waals surface area (Å²) < 4.78 is 6.96. The maximum Gasteiger partial charge on any atom is 0.338 e. The molecule has 3 N–H and O–H groups in total. The van der Waals surface area contributed by atoms with E-state index in [0.29, 0.717) is 67.4 Å². The quantitative estimate of drug-likeness (QED) is 0.212. The average molecular weight is 702 g/mol. The van der Waals surface area contributed by atoms with Crippen LogP contribution in [0.15, 0.2) is 47.5 Å². The Kier molecular flexibility index (Phi) is 10.3. The number of esters is 1. The first-order chi connectivity index (χ1) is 23.6. The molecule has 2 aromatic carbocycles. The molecule has 0 saturated carbocycles. The number of nitrogens with two attached hydrogens (primary N) is 1. The zero-order valence-electron chi connectivity index (χ0n) is 28.1. The molecule has 0 radical (unpaired) electrons. The number of nitrogens with zero attached hydrogens (tertiary/aromatic N) is 5. The van der Waals surface area contributed by atoms with E-state index >= 15 is 0 Å². The second-order valence-corrected chi connectivity index (χ2v) is 14.1. The third-order valence-corrected chi connectivity index (χ3v) is 10.8. The van der Waals surface area contributed by atoms with Gasteiger partial charge < -0.3 is 20.7 Å². The standard InChI is InChI=1S/C36H40ClN7O4S/c1-20-21(2)49-35-31(20)32(23-7-9-26(37)10-8-23)40-29(33-42-41-22(3)44(33)35)19-30(45)43-16-13-24(14-17-43)34(46)39-27-11-12-28(36(47)48-4)25(18-27)6-5-15-38/h7-12,18,24,29H,5-6,13-17,19,38H2,1-4H3,(H,39,46)/t29-/m0/s1. The Morgan fingerprint density at radius 1 is 1.06 bits per heavy atom. The molecule has 4 heterocycles. The molecule has 13 heteroatoms. The van der Waals surface area contributed by atoms with E-state index in [1.165, 1.54) is 12.0 Å². The highest BCUT2D eigenvalue weighted by Gasteiger charge is 2.34. The Morgan fingerprint density at radius 3 is 2.49 bits per heavy atom. The molecule has 1 fully saturated rings. The van der Waals surface area contributed by atoms with Crippen LogP contribution in [0.1, 0.15) is 80.9 Å². The van der Waals surface area contributed by atoms with Crippen LogP contribution >= 0.6 is 22.9 Å². The van der Waals surface area contributed by atoms with E-state index in [0.717, 1.165) is 38.8 Å². The molecule has 1 saturated heterocycles. The van der Waals surface area contributed by atoms with E-state index in [-0.39, 0.29) is 24.2 Å². The van der Waals surface area contributed by atoms with Crippen LogP contribution in [-0.2, 0) is 20.7 Å². The summed E-state index contributed by atoms with van der Waals surface area (Å²) in [4.78, 5) is 47.6. The minimum absolute atomic E-state index is 0.0450. The van der Waals surface area contributed by atoms with E-state index in [9.17, 15) is 14.4 Å². The van der Waals surface area contributed by atoms with Gasteiger partial charge in [-0.1, -0.05) is 23.7 Å². The van der Waals surface area contributed by atoms with Crippen LogP contribution in [0.2, 0.25) is 5.02 Å². The van der Waals surface area contributed by atoms with Crippen LogP contribution in [-0.4, -0.2) is 69.9 Å². The summed E-state index contributed by atoms with van der Waals surface area (Å²) >= 11 is 7.91. The van der Waals surface area contributed by atoms with Crippen molar-refractivity contribution >= 4 is 52.1 Å². The fourth-order valence-electron chi connectivity index (χ4n) is 6.54. The molecule has 49 heavy (non-hydrogen) atoms. The first-order valence-corrected chi connectivity index (χ1v) is 17.6. The minimum Gasteiger partial charge on any atom is -0.465 e. The number of likely N-dealkylation sites (tertiary alicyclic amines) is 1. The fourth-order valence-corrected chi connectivity index (χ4v) is 7.88. The van der Waals surface area contributed by atoms with Gasteiger partial charge in [0.2, 0.25) is 11.8 Å². The summed E-state index contributed by atoms with van der Waals surface area (Å²) in [5, 5.41) is 13.6. The molecule has 6 rings (SSSR count). The van der Waals surface area contributed by atoms with Crippen molar-refractivity contribution in [1.29, 1.82) is 0 Å². The Morgan fingerprint density at radius 2 is 1.80 bits per heavy atom. The van der Waals surface area contributed by atoms with Crippen molar-refractivity contribution in [2.24, 2.45) is 16.6 Å². The number of fused-ring (bicyclic) bond motifs is 3. The molecular formula is C36H40ClN7O4S. The number of hydrogen-bond donors (Lipinski definition) is 2. The number of hydrogen-bond acceptors (Lipinski definition) is 9. The summed E-state index contributed by atoms with van der Waals surface area (Å²) in [5.41, 5.74) is 11.4. The lowest BCUT2D eigenvalue weighted by atomic mass is 9.95. The van der Waals surface area contributed by atoms with E-state index in [1.54, 1.807) is 23.5 Å². The highest BCUT2D eigenvalue weighted by Crippen LogP contribution is 2.40. The molecule has 2 aliphatic rings. The van der Waals surface area contributed by atoms with Gasteiger partial charge in [0.15, 0.2) is 5.82 Å². The van der Waals surface area contributed by atoms with Gasteiger partial charge in [-0.3, -0.25) is 19.1 Å². The Labute approximate surface area is 294 Å². The number of nitrogens with one attached hydrogen (secondary N) is 1. The number of aryl methyl sites for hydroxylation is 3. The van der Waals surface area contributed by atoms with Crippen LogP contribution in [0.3, 0.4) is 0 Å². The largest absolute Gasteiger partial charge is 0.465 e. The van der Waals surface area contributed by atoms with Gasteiger partial charge in [0.05, 0.1) is 24.8 Å². The lowest BCUT2D eigenvalue weighted by Gasteiger charge is -2.32. The van der Waals surface area contributed by atoms with Gasteiger partial charge in [-0.2, -0.15) is 0 Å². The summed E-state index contributed by atoms with van der Waals surface area (Å²) in [7, 11) is 1.35. The number of piperidine rings is 1. The number of amides is 2. The number of methoxy groups -OCH3 is 1. The van der Waals surface area contributed by atoms with Crippen molar-refractivity contribution in [2.75, 3.05) is 32.1 Å². The SMILES string of the molecule is COC(=O)c1ccc(NC(=O)C2CCN(C(=O)C[C@@H]3N=C(c4ccc(Cl)cc4)c4c(sc(C)c4C)-n4c(C)nnc43)CC2)cc1CCCN.